The third-order valence-electron chi connectivity index (χ3n) is 3.94. The number of fused-ring (bicyclic) bond motifs is 1. The molecule has 150 valence electrons. The van der Waals surface area contributed by atoms with Crippen molar-refractivity contribution in [2.75, 3.05) is 33.0 Å². The van der Waals surface area contributed by atoms with Gasteiger partial charge in [-0.2, -0.15) is 0 Å². The molecule has 2 rings (SSSR count). The maximum Gasteiger partial charge on any atom is 0.262 e. The molecule has 0 radical (unpaired) electrons. The molecular weight excluding hydrogens is 370 g/mol. The average Bonchev–Trinajstić information content (AvgIpc) is 2.99. The Morgan fingerprint density at radius 3 is 2.59 bits per heavy atom. The lowest BCUT2D eigenvalue weighted by Gasteiger charge is -2.17. The predicted octanol–water partition coefficient (Wildman–Crippen LogP) is 1.93. The molecule has 0 aliphatic rings. The molecule has 0 saturated heterocycles. The first kappa shape index (κ1) is 21.5. The number of nitrogens with one attached hydrogen (secondary N) is 1. The van der Waals surface area contributed by atoms with E-state index in [-0.39, 0.29) is 18.0 Å². The highest BCUT2D eigenvalue weighted by atomic mass is 32.1. The highest BCUT2D eigenvalue weighted by Crippen LogP contribution is 2.26. The molecule has 9 heteroatoms. The van der Waals surface area contributed by atoms with Crippen LogP contribution in [0.5, 0.6) is 0 Å². The van der Waals surface area contributed by atoms with Gasteiger partial charge in [0.15, 0.2) is 6.29 Å². The second-order valence-electron chi connectivity index (χ2n) is 5.73. The van der Waals surface area contributed by atoms with E-state index >= 15 is 0 Å². The number of amides is 1. The van der Waals surface area contributed by atoms with Crippen molar-refractivity contribution in [2.45, 2.75) is 40.5 Å². The van der Waals surface area contributed by atoms with Crippen LogP contribution in [0.15, 0.2) is 11.1 Å². The van der Waals surface area contributed by atoms with Crippen molar-refractivity contribution in [3.63, 3.8) is 0 Å². The van der Waals surface area contributed by atoms with E-state index in [0.29, 0.717) is 53.6 Å². The van der Waals surface area contributed by atoms with Crippen molar-refractivity contribution in [3.05, 3.63) is 27.1 Å². The summed E-state index contributed by atoms with van der Waals surface area (Å²) in [7, 11) is 0. The van der Waals surface area contributed by atoms with Crippen LogP contribution in [-0.2, 0) is 20.8 Å². The van der Waals surface area contributed by atoms with E-state index in [1.807, 2.05) is 20.8 Å². The molecule has 2 heterocycles. The van der Waals surface area contributed by atoms with Crippen LogP contribution in [0, 0.1) is 6.92 Å². The zero-order valence-electron chi connectivity index (χ0n) is 16.2. The van der Waals surface area contributed by atoms with Gasteiger partial charge in [0.1, 0.15) is 4.83 Å². The fraction of sp³-hybridized carbons (Fsp3) is 0.611. The first-order valence-corrected chi connectivity index (χ1v) is 9.92. The lowest BCUT2D eigenvalue weighted by molar-refractivity contribution is -0.131. The molecule has 0 atom stereocenters. The summed E-state index contributed by atoms with van der Waals surface area (Å²) >= 11 is 1.21. The fourth-order valence-corrected chi connectivity index (χ4v) is 3.69. The van der Waals surface area contributed by atoms with E-state index < -0.39 is 6.29 Å². The number of carbonyl (C=O) groups is 1. The molecule has 2 aromatic heterocycles. The average molecular weight is 397 g/mol. The topological polar surface area (TPSA) is 91.7 Å². The van der Waals surface area contributed by atoms with E-state index in [9.17, 15) is 9.59 Å². The predicted molar refractivity (Wildman–Crippen MR) is 104 cm³/mol. The number of aromatic nitrogens is 2. The maximum absolute atomic E-state index is 12.7. The van der Waals surface area contributed by atoms with Gasteiger partial charge in [0, 0.05) is 19.8 Å². The summed E-state index contributed by atoms with van der Waals surface area (Å²) in [6.07, 6.45) is 1.01. The first-order chi connectivity index (χ1) is 13.0. The van der Waals surface area contributed by atoms with Crippen LogP contribution < -0.4 is 10.9 Å². The third kappa shape index (κ3) is 5.35. The largest absolute Gasteiger partial charge is 0.380 e. The van der Waals surface area contributed by atoms with Crippen LogP contribution in [0.25, 0.3) is 10.2 Å². The van der Waals surface area contributed by atoms with Gasteiger partial charge in [0.25, 0.3) is 11.5 Å². The van der Waals surface area contributed by atoms with Gasteiger partial charge >= 0.3 is 0 Å². The monoisotopic (exact) mass is 397 g/mol. The first-order valence-electron chi connectivity index (χ1n) is 9.11. The number of carbonyl (C=O) groups excluding carboxylic acids is 1. The van der Waals surface area contributed by atoms with Gasteiger partial charge in [-0.25, -0.2) is 4.98 Å². The smallest absolute Gasteiger partial charge is 0.262 e. The van der Waals surface area contributed by atoms with Crippen molar-refractivity contribution in [2.24, 2.45) is 0 Å². The van der Waals surface area contributed by atoms with Gasteiger partial charge in [0.2, 0.25) is 0 Å². The number of hydrogen-bond donors (Lipinski definition) is 1. The maximum atomic E-state index is 12.7. The van der Waals surface area contributed by atoms with E-state index in [1.54, 1.807) is 6.92 Å². The number of nitrogens with zero attached hydrogens (tertiary/aromatic N) is 2. The minimum absolute atomic E-state index is 0.158. The Balaban J connectivity index is 2.18. The standard InChI is InChI=1S/C18H27N3O5S/c1-5-24-9-8-21-11-20-17-14(18(21)23)12(4)15(27-17)16(22)19-10-13(25-6-2)26-7-3/h11,13H,5-10H2,1-4H3,(H,19,22). The van der Waals surface area contributed by atoms with Crippen LogP contribution in [0.2, 0.25) is 0 Å². The number of thiophene rings is 1. The Bertz CT molecular complexity index is 811. The SMILES string of the molecule is CCOCCn1cnc2sc(C(=O)NCC(OCC)OCC)c(C)c2c1=O. The van der Waals surface area contributed by atoms with Gasteiger partial charge < -0.3 is 19.5 Å². The van der Waals surface area contributed by atoms with Crippen LogP contribution in [-0.4, -0.2) is 54.7 Å². The van der Waals surface area contributed by atoms with Crippen molar-refractivity contribution in [3.8, 4) is 0 Å². The number of ether oxygens (including phenoxy) is 3. The summed E-state index contributed by atoms with van der Waals surface area (Å²) in [5.41, 5.74) is 0.481. The zero-order chi connectivity index (χ0) is 19.8. The molecule has 2 aromatic rings. The molecule has 0 aliphatic heterocycles. The van der Waals surface area contributed by atoms with Gasteiger partial charge in [-0.05, 0) is 33.3 Å². The lowest BCUT2D eigenvalue weighted by Crippen LogP contribution is -2.35. The molecule has 0 aromatic carbocycles. The van der Waals surface area contributed by atoms with Crippen molar-refractivity contribution >= 4 is 27.5 Å². The van der Waals surface area contributed by atoms with Crippen molar-refractivity contribution in [1.29, 1.82) is 0 Å². The van der Waals surface area contributed by atoms with E-state index in [2.05, 4.69) is 10.3 Å². The second-order valence-corrected chi connectivity index (χ2v) is 6.73. The number of hydrogen-bond acceptors (Lipinski definition) is 7. The lowest BCUT2D eigenvalue weighted by atomic mass is 10.2. The molecule has 8 nitrogen and oxygen atoms in total. The molecule has 1 N–H and O–H groups in total. The number of aryl methyl sites for hydroxylation is 1. The van der Waals surface area contributed by atoms with Gasteiger partial charge in [-0.1, -0.05) is 0 Å². The fourth-order valence-electron chi connectivity index (χ4n) is 2.64. The highest BCUT2D eigenvalue weighted by Gasteiger charge is 2.20. The van der Waals surface area contributed by atoms with Gasteiger partial charge in [-0.3, -0.25) is 14.2 Å². The summed E-state index contributed by atoms with van der Waals surface area (Å²) in [6, 6.07) is 0. The van der Waals surface area contributed by atoms with Crippen LogP contribution >= 0.6 is 11.3 Å². The van der Waals surface area contributed by atoms with Gasteiger partial charge in [-0.15, -0.1) is 11.3 Å². The Morgan fingerprint density at radius 2 is 1.96 bits per heavy atom. The molecule has 0 unspecified atom stereocenters. The number of rotatable bonds is 11. The molecule has 0 fully saturated rings. The second kappa shape index (κ2) is 10.5. The normalized spacial score (nSPS) is 11.4. The van der Waals surface area contributed by atoms with E-state index in [0.717, 1.165) is 0 Å². The molecule has 0 spiro atoms. The van der Waals surface area contributed by atoms with Gasteiger partial charge in [0.05, 0.1) is 36.3 Å². The minimum Gasteiger partial charge on any atom is -0.380 e. The molecule has 0 aliphatic carbocycles. The molecule has 0 bridgehead atoms. The Morgan fingerprint density at radius 1 is 1.26 bits per heavy atom. The van der Waals surface area contributed by atoms with Crippen LogP contribution in [0.1, 0.15) is 36.0 Å². The summed E-state index contributed by atoms with van der Waals surface area (Å²) in [6.45, 7) is 10.1. The minimum atomic E-state index is -0.493. The van der Waals surface area contributed by atoms with E-state index in [4.69, 9.17) is 14.2 Å². The third-order valence-corrected chi connectivity index (χ3v) is 5.14. The summed E-state index contributed by atoms with van der Waals surface area (Å²) in [5.74, 6) is -0.264. The Kier molecular flexibility index (Phi) is 8.36. The molecule has 27 heavy (non-hydrogen) atoms. The van der Waals surface area contributed by atoms with Crippen LogP contribution in [0.3, 0.4) is 0 Å². The summed E-state index contributed by atoms with van der Waals surface area (Å²) in [5, 5.41) is 3.29. The van der Waals surface area contributed by atoms with Crippen LogP contribution in [0.4, 0.5) is 0 Å². The van der Waals surface area contributed by atoms with Crippen molar-refractivity contribution in [1.82, 2.24) is 14.9 Å². The summed E-state index contributed by atoms with van der Waals surface area (Å²) in [4.78, 5) is 30.7. The zero-order valence-corrected chi connectivity index (χ0v) is 17.1. The molecular formula is C18H27N3O5S. The highest BCUT2D eigenvalue weighted by molar-refractivity contribution is 7.20. The molecule has 0 saturated carbocycles. The summed E-state index contributed by atoms with van der Waals surface area (Å²) < 4.78 is 17.7. The van der Waals surface area contributed by atoms with E-state index in [1.165, 1.54) is 22.2 Å². The quantitative estimate of drug-likeness (QED) is 0.460. The Labute approximate surface area is 162 Å². The molecule has 1 amide bonds. The Hall–Kier alpha value is -1.81. The van der Waals surface area contributed by atoms with Crippen molar-refractivity contribution < 1.29 is 19.0 Å².